The molecule has 0 amide bonds. The van der Waals surface area contributed by atoms with E-state index in [0.29, 0.717) is 12.7 Å². The Balaban J connectivity index is 2.10. The Bertz CT molecular complexity index is 419. The van der Waals surface area contributed by atoms with Gasteiger partial charge in [-0.15, -0.1) is 0 Å². The van der Waals surface area contributed by atoms with Gasteiger partial charge in [-0.2, -0.15) is 0 Å². The number of hydrogen-bond donors (Lipinski definition) is 2. The molecular weight excluding hydrogens is 316 g/mol. The zero-order chi connectivity index (χ0) is 17.6. The highest BCUT2D eigenvalue weighted by atomic mass is 28.3. The molecule has 0 spiro atoms. The summed E-state index contributed by atoms with van der Waals surface area (Å²) in [4.78, 5) is 0. The van der Waals surface area contributed by atoms with E-state index in [4.69, 9.17) is 18.9 Å². The summed E-state index contributed by atoms with van der Waals surface area (Å²) in [5.74, 6) is -1.56. The molecule has 1 unspecified atom stereocenters. The predicted molar refractivity (Wildman–Crippen MR) is 88.9 cm³/mol. The largest absolute Gasteiger partial charge is 0.391 e. The van der Waals surface area contributed by atoms with Crippen molar-refractivity contribution in [1.29, 1.82) is 0 Å². The van der Waals surface area contributed by atoms with Crippen LogP contribution in [0.25, 0.3) is 0 Å². The minimum Gasteiger partial charge on any atom is -0.391 e. The molecule has 6 nitrogen and oxygen atoms in total. The molecule has 2 heterocycles. The molecule has 2 saturated heterocycles. The third-order valence-electron chi connectivity index (χ3n) is 4.11. The van der Waals surface area contributed by atoms with Gasteiger partial charge in [0.15, 0.2) is 11.6 Å². The quantitative estimate of drug-likeness (QED) is 0.737. The first-order chi connectivity index (χ1) is 10.3. The van der Waals surface area contributed by atoms with Crippen molar-refractivity contribution < 1.29 is 29.2 Å². The summed E-state index contributed by atoms with van der Waals surface area (Å²) < 4.78 is 23.0. The molecule has 0 aliphatic carbocycles. The number of aliphatic hydroxyl groups excluding tert-OH is 2. The van der Waals surface area contributed by atoms with Gasteiger partial charge < -0.3 is 29.2 Å². The highest BCUT2D eigenvalue weighted by molar-refractivity contribution is 6.76. The molecule has 0 bridgehead atoms. The first-order valence-electron chi connectivity index (χ1n) is 8.33. The van der Waals surface area contributed by atoms with Crippen molar-refractivity contribution in [3.05, 3.63) is 0 Å². The van der Waals surface area contributed by atoms with Gasteiger partial charge in [0.1, 0.15) is 24.4 Å². The first-order valence-corrected chi connectivity index (χ1v) is 12.0. The van der Waals surface area contributed by atoms with Gasteiger partial charge in [0, 0.05) is 8.07 Å². The molecule has 7 heteroatoms. The van der Waals surface area contributed by atoms with E-state index < -0.39 is 50.2 Å². The van der Waals surface area contributed by atoms with Gasteiger partial charge in [0.2, 0.25) is 0 Å². The van der Waals surface area contributed by atoms with Crippen molar-refractivity contribution in [2.45, 2.75) is 95.5 Å². The molecular formula is C16H32O6Si. The smallest absolute Gasteiger partial charge is 0.164 e. The maximum absolute atomic E-state index is 10.7. The Morgan fingerprint density at radius 1 is 0.957 bits per heavy atom. The van der Waals surface area contributed by atoms with Crippen LogP contribution in [0.1, 0.15) is 27.7 Å². The van der Waals surface area contributed by atoms with Gasteiger partial charge in [0.05, 0.1) is 12.7 Å². The summed E-state index contributed by atoms with van der Waals surface area (Å²) in [5, 5.41) is 21.3. The fourth-order valence-corrected chi connectivity index (χ4v) is 4.70. The monoisotopic (exact) mass is 348 g/mol. The summed E-state index contributed by atoms with van der Waals surface area (Å²) in [6.07, 6.45) is -3.29. The minimum absolute atomic E-state index is 0.297. The second-order valence-corrected chi connectivity index (χ2v) is 14.3. The van der Waals surface area contributed by atoms with E-state index in [1.54, 1.807) is 13.8 Å². The lowest BCUT2D eigenvalue weighted by atomic mass is 10.0. The highest BCUT2D eigenvalue weighted by Crippen LogP contribution is 2.36. The maximum Gasteiger partial charge on any atom is 0.164 e. The average molecular weight is 349 g/mol. The summed E-state index contributed by atoms with van der Waals surface area (Å²) in [6.45, 7) is 14.1. The van der Waals surface area contributed by atoms with Crippen LogP contribution in [0.15, 0.2) is 0 Å². The molecule has 2 fully saturated rings. The molecule has 136 valence electrons. The fraction of sp³-hybridized carbons (Fsp3) is 1.00. The zero-order valence-corrected chi connectivity index (χ0v) is 16.3. The maximum atomic E-state index is 10.7. The third kappa shape index (κ3) is 4.98. The second kappa shape index (κ2) is 6.37. The summed E-state index contributed by atoms with van der Waals surface area (Å²) in [7, 11) is -1.48. The van der Waals surface area contributed by atoms with E-state index >= 15 is 0 Å². The van der Waals surface area contributed by atoms with Crippen LogP contribution in [0.2, 0.25) is 25.7 Å². The molecule has 0 aromatic rings. The summed E-state index contributed by atoms with van der Waals surface area (Å²) >= 11 is 0. The average Bonchev–Trinajstić information content (AvgIpc) is 2.86. The topological polar surface area (TPSA) is 77.4 Å². The molecule has 0 saturated carbocycles. The van der Waals surface area contributed by atoms with Gasteiger partial charge in [-0.05, 0) is 33.7 Å². The van der Waals surface area contributed by atoms with Crippen molar-refractivity contribution in [1.82, 2.24) is 0 Å². The van der Waals surface area contributed by atoms with Crippen LogP contribution in [-0.2, 0) is 18.9 Å². The number of ether oxygens (including phenoxy) is 4. The highest BCUT2D eigenvalue weighted by Gasteiger charge is 2.52. The molecule has 0 radical (unpaired) electrons. The van der Waals surface area contributed by atoms with Crippen molar-refractivity contribution in [2.24, 2.45) is 0 Å². The van der Waals surface area contributed by atoms with E-state index in [9.17, 15) is 10.2 Å². The van der Waals surface area contributed by atoms with E-state index in [-0.39, 0.29) is 0 Å². The summed E-state index contributed by atoms with van der Waals surface area (Å²) in [5.41, 5.74) is 0. The van der Waals surface area contributed by atoms with Crippen LogP contribution in [0.3, 0.4) is 0 Å². The van der Waals surface area contributed by atoms with Gasteiger partial charge in [0.25, 0.3) is 0 Å². The van der Waals surface area contributed by atoms with Crippen molar-refractivity contribution in [3.8, 4) is 0 Å². The van der Waals surface area contributed by atoms with Gasteiger partial charge in [-0.1, -0.05) is 19.6 Å². The Morgan fingerprint density at radius 2 is 1.52 bits per heavy atom. The molecule has 2 N–H and O–H groups in total. The summed E-state index contributed by atoms with van der Waals surface area (Å²) in [6, 6.07) is 0.688. The van der Waals surface area contributed by atoms with E-state index in [1.165, 1.54) is 0 Å². The van der Waals surface area contributed by atoms with Crippen LogP contribution >= 0.6 is 0 Å². The van der Waals surface area contributed by atoms with Gasteiger partial charge in [-0.3, -0.25) is 0 Å². The molecule has 5 atom stereocenters. The molecule has 0 aromatic heterocycles. The Morgan fingerprint density at radius 3 is 2.00 bits per heavy atom. The molecule has 23 heavy (non-hydrogen) atoms. The number of aliphatic hydroxyl groups is 2. The van der Waals surface area contributed by atoms with Gasteiger partial charge in [-0.25, -0.2) is 0 Å². The van der Waals surface area contributed by atoms with E-state index in [1.807, 2.05) is 13.8 Å². The van der Waals surface area contributed by atoms with Crippen LogP contribution in [0.5, 0.6) is 0 Å². The first kappa shape index (κ1) is 19.3. The van der Waals surface area contributed by atoms with Crippen LogP contribution < -0.4 is 0 Å². The van der Waals surface area contributed by atoms with Crippen molar-refractivity contribution in [2.75, 3.05) is 6.61 Å². The van der Waals surface area contributed by atoms with Crippen molar-refractivity contribution in [3.63, 3.8) is 0 Å². The molecule has 2 aliphatic heterocycles. The van der Waals surface area contributed by atoms with Crippen LogP contribution in [0, 0.1) is 0 Å². The lowest BCUT2D eigenvalue weighted by Crippen LogP contribution is -2.49. The van der Waals surface area contributed by atoms with Crippen LogP contribution in [0.4, 0.5) is 0 Å². The van der Waals surface area contributed by atoms with Crippen molar-refractivity contribution >= 4 is 8.07 Å². The standard InChI is InChI=1S/C16H32O6Si/c1-15(2)19-8-11(20-15)12(18)14-13(21-16(3,4)22-14)10(17)9-23(5,6)7/h10-14,17-18H,8-9H2,1-7H3/t10?,11-,12-,13-,14+/m1/s1. The SMILES string of the molecule is CC1(C)O[C@@H]([C@H](O)[C@H]2COC(C)(C)O2)[C@@H](C(O)C[Si](C)(C)C)O1. The Hall–Kier alpha value is -0.0231. The second-order valence-electron chi connectivity index (χ2n) is 8.75. The predicted octanol–water partition coefficient (Wildman–Crippen LogP) is 1.72. The third-order valence-corrected chi connectivity index (χ3v) is 5.76. The fourth-order valence-electron chi connectivity index (χ4n) is 3.22. The van der Waals surface area contributed by atoms with Gasteiger partial charge >= 0.3 is 0 Å². The Kier molecular flexibility index (Phi) is 5.34. The van der Waals surface area contributed by atoms with Crippen LogP contribution in [-0.4, -0.2) is 67.0 Å². The number of rotatable bonds is 5. The minimum atomic E-state index is -1.48. The van der Waals surface area contributed by atoms with E-state index in [2.05, 4.69) is 19.6 Å². The molecule has 0 aromatic carbocycles. The normalized spacial score (nSPS) is 36.1. The lowest BCUT2D eigenvalue weighted by molar-refractivity contribution is -0.179. The number of hydrogen-bond acceptors (Lipinski definition) is 6. The molecule has 2 aliphatic rings. The Labute approximate surface area is 140 Å². The van der Waals surface area contributed by atoms with E-state index in [0.717, 1.165) is 0 Å². The lowest BCUT2D eigenvalue weighted by Gasteiger charge is -2.31. The zero-order valence-electron chi connectivity index (χ0n) is 15.3. The molecule has 2 rings (SSSR count).